The van der Waals surface area contributed by atoms with Gasteiger partial charge in [-0.1, -0.05) is 0 Å². The molecule has 0 fully saturated rings. The highest BCUT2D eigenvalue weighted by Gasteiger charge is 2.30. The van der Waals surface area contributed by atoms with Crippen molar-refractivity contribution >= 4 is 23.6 Å². The first kappa shape index (κ1) is 9.37. The molecular formula is C7H8N2O4. The topological polar surface area (TPSA) is 84.8 Å². The van der Waals surface area contributed by atoms with Crippen LogP contribution in [0.4, 0.5) is 4.79 Å². The molecule has 6 nitrogen and oxygen atoms in total. The molecule has 0 aliphatic carbocycles. The van der Waals surface area contributed by atoms with E-state index in [0.717, 1.165) is 0 Å². The number of esters is 1. The van der Waals surface area contributed by atoms with E-state index in [0.29, 0.717) is 0 Å². The summed E-state index contributed by atoms with van der Waals surface area (Å²) in [7, 11) is 0. The molecule has 3 amide bonds. The van der Waals surface area contributed by atoms with Crippen LogP contribution in [0.25, 0.3) is 0 Å². The molecule has 0 aromatic carbocycles. The Morgan fingerprint density at radius 3 is 2.62 bits per heavy atom. The number of nitrogens with one attached hydrogen (secondary N) is 1. The molecule has 0 aromatic rings. The number of carbonyl (C=O) groups is 3. The first-order valence-corrected chi connectivity index (χ1v) is 3.58. The van der Waals surface area contributed by atoms with Gasteiger partial charge in [-0.25, -0.2) is 4.79 Å². The number of aliphatic imine (C=N–C) groups is 1. The second-order valence-electron chi connectivity index (χ2n) is 2.54. The maximum absolute atomic E-state index is 11.1. The van der Waals surface area contributed by atoms with Gasteiger partial charge in [-0.15, -0.1) is 0 Å². The van der Waals surface area contributed by atoms with E-state index in [4.69, 9.17) is 0 Å². The van der Waals surface area contributed by atoms with E-state index in [1.165, 1.54) is 13.8 Å². The Labute approximate surface area is 74.0 Å². The van der Waals surface area contributed by atoms with Crippen LogP contribution in [0.3, 0.4) is 0 Å². The lowest BCUT2D eigenvalue weighted by Crippen LogP contribution is -2.47. The summed E-state index contributed by atoms with van der Waals surface area (Å²) in [6.45, 7) is 2.63. The number of imide groups is 1. The summed E-state index contributed by atoms with van der Waals surface area (Å²) in [5.74, 6) is -1.25. The molecule has 0 saturated heterocycles. The smallest absolute Gasteiger partial charge is 0.347 e. The molecule has 0 aromatic heterocycles. The van der Waals surface area contributed by atoms with Crippen molar-refractivity contribution in [2.24, 2.45) is 4.99 Å². The quantitative estimate of drug-likeness (QED) is 0.563. The van der Waals surface area contributed by atoms with Gasteiger partial charge in [0.05, 0.1) is 5.71 Å². The highest BCUT2D eigenvalue weighted by molar-refractivity contribution is 6.18. The Bertz CT molecular complexity index is 308. The first-order chi connectivity index (χ1) is 6.00. The Morgan fingerprint density at radius 1 is 1.54 bits per heavy atom. The standard InChI is InChI=1S/C7H8N2O4/c1-3-5(13-4(2)10)6(11)9-7(12)8-3/h5H,1-2H3,(H,9,11,12). The third kappa shape index (κ3) is 2.11. The molecular weight excluding hydrogens is 176 g/mol. The average Bonchev–Trinajstić information content (AvgIpc) is 1.96. The highest BCUT2D eigenvalue weighted by Crippen LogP contribution is 2.02. The molecule has 0 radical (unpaired) electrons. The fourth-order valence-electron chi connectivity index (χ4n) is 0.912. The number of urea groups is 1. The van der Waals surface area contributed by atoms with Gasteiger partial charge >= 0.3 is 12.0 Å². The molecule has 1 N–H and O–H groups in total. The molecule has 13 heavy (non-hydrogen) atoms. The Balaban J connectivity index is 2.84. The first-order valence-electron chi connectivity index (χ1n) is 3.58. The summed E-state index contributed by atoms with van der Waals surface area (Å²) in [5, 5.41) is 1.92. The van der Waals surface area contributed by atoms with Gasteiger partial charge in [0.1, 0.15) is 0 Å². The summed E-state index contributed by atoms with van der Waals surface area (Å²) >= 11 is 0. The monoisotopic (exact) mass is 184 g/mol. The van der Waals surface area contributed by atoms with E-state index in [9.17, 15) is 14.4 Å². The van der Waals surface area contributed by atoms with E-state index in [-0.39, 0.29) is 5.71 Å². The van der Waals surface area contributed by atoms with E-state index in [1.807, 2.05) is 5.32 Å². The van der Waals surface area contributed by atoms with Crippen LogP contribution in [0.1, 0.15) is 13.8 Å². The SMILES string of the molecule is CC(=O)OC1C(=O)NC(=O)N=C1C. The van der Waals surface area contributed by atoms with E-state index < -0.39 is 24.0 Å². The highest BCUT2D eigenvalue weighted by atomic mass is 16.5. The summed E-state index contributed by atoms with van der Waals surface area (Å²) in [4.78, 5) is 35.7. The Kier molecular flexibility index (Phi) is 2.41. The third-order valence-corrected chi connectivity index (χ3v) is 1.41. The molecule has 0 bridgehead atoms. The van der Waals surface area contributed by atoms with Gasteiger partial charge in [-0.2, -0.15) is 4.99 Å². The number of nitrogens with zero attached hydrogens (tertiary/aromatic N) is 1. The van der Waals surface area contributed by atoms with Gasteiger partial charge in [0, 0.05) is 6.92 Å². The zero-order chi connectivity index (χ0) is 10.0. The van der Waals surface area contributed by atoms with Crippen LogP contribution in [0.5, 0.6) is 0 Å². The van der Waals surface area contributed by atoms with Crippen molar-refractivity contribution in [2.45, 2.75) is 20.0 Å². The summed E-state index contributed by atoms with van der Waals surface area (Å²) < 4.78 is 4.63. The molecule has 1 heterocycles. The summed E-state index contributed by atoms with van der Waals surface area (Å²) in [6, 6.07) is -0.731. The van der Waals surface area contributed by atoms with Crippen molar-refractivity contribution in [3.8, 4) is 0 Å². The maximum atomic E-state index is 11.1. The molecule has 1 aliphatic rings. The second-order valence-corrected chi connectivity index (χ2v) is 2.54. The van der Waals surface area contributed by atoms with E-state index >= 15 is 0 Å². The zero-order valence-electron chi connectivity index (χ0n) is 7.16. The largest absolute Gasteiger partial charge is 0.446 e. The number of hydrogen-bond donors (Lipinski definition) is 1. The van der Waals surface area contributed by atoms with E-state index in [2.05, 4.69) is 9.73 Å². The molecule has 1 atom stereocenters. The van der Waals surface area contributed by atoms with Crippen molar-refractivity contribution in [1.82, 2.24) is 5.32 Å². The van der Waals surface area contributed by atoms with Gasteiger partial charge in [-0.3, -0.25) is 14.9 Å². The van der Waals surface area contributed by atoms with Crippen LogP contribution in [0, 0.1) is 0 Å². The second kappa shape index (κ2) is 3.34. The molecule has 1 unspecified atom stereocenters. The van der Waals surface area contributed by atoms with Crippen LogP contribution in [0.15, 0.2) is 4.99 Å². The number of carbonyl (C=O) groups excluding carboxylic acids is 3. The maximum Gasteiger partial charge on any atom is 0.347 e. The Hall–Kier alpha value is -1.72. The zero-order valence-corrected chi connectivity index (χ0v) is 7.16. The van der Waals surface area contributed by atoms with Gasteiger partial charge in [0.25, 0.3) is 5.91 Å². The van der Waals surface area contributed by atoms with Crippen molar-refractivity contribution in [3.05, 3.63) is 0 Å². The molecule has 0 saturated carbocycles. The fraction of sp³-hybridized carbons (Fsp3) is 0.429. The number of ether oxygens (including phenoxy) is 1. The third-order valence-electron chi connectivity index (χ3n) is 1.41. The van der Waals surface area contributed by atoms with Crippen molar-refractivity contribution in [2.75, 3.05) is 0 Å². The van der Waals surface area contributed by atoms with Crippen LogP contribution < -0.4 is 5.32 Å². The molecule has 1 aliphatic heterocycles. The summed E-state index contributed by atoms with van der Waals surface area (Å²) in [5.41, 5.74) is 0.184. The lowest BCUT2D eigenvalue weighted by molar-refractivity contribution is -0.149. The fourth-order valence-corrected chi connectivity index (χ4v) is 0.912. The minimum atomic E-state index is -1.07. The molecule has 70 valence electrons. The van der Waals surface area contributed by atoms with Crippen molar-refractivity contribution < 1.29 is 19.1 Å². The van der Waals surface area contributed by atoms with Crippen LogP contribution in [0.2, 0.25) is 0 Å². The van der Waals surface area contributed by atoms with Gasteiger partial charge in [0.2, 0.25) is 6.10 Å². The minimum absolute atomic E-state index is 0.184. The van der Waals surface area contributed by atoms with Crippen LogP contribution in [-0.4, -0.2) is 29.7 Å². The lowest BCUT2D eigenvalue weighted by atomic mass is 10.2. The van der Waals surface area contributed by atoms with Gasteiger partial charge in [-0.05, 0) is 6.92 Å². The predicted octanol–water partition coefficient (Wildman–Crippen LogP) is -0.371. The normalized spacial score (nSPS) is 22.0. The average molecular weight is 184 g/mol. The molecule has 1 rings (SSSR count). The number of amides is 3. The van der Waals surface area contributed by atoms with Gasteiger partial charge < -0.3 is 4.74 Å². The van der Waals surface area contributed by atoms with E-state index in [1.54, 1.807) is 0 Å². The number of rotatable bonds is 1. The molecule has 6 heteroatoms. The van der Waals surface area contributed by atoms with Gasteiger partial charge in [0.15, 0.2) is 0 Å². The Morgan fingerprint density at radius 2 is 2.15 bits per heavy atom. The van der Waals surface area contributed by atoms with Crippen molar-refractivity contribution in [1.29, 1.82) is 0 Å². The predicted molar refractivity (Wildman–Crippen MR) is 42.2 cm³/mol. The van der Waals surface area contributed by atoms with Crippen LogP contribution >= 0.6 is 0 Å². The van der Waals surface area contributed by atoms with Crippen molar-refractivity contribution in [3.63, 3.8) is 0 Å². The minimum Gasteiger partial charge on any atom is -0.446 e. The lowest BCUT2D eigenvalue weighted by Gasteiger charge is -2.18. The van der Waals surface area contributed by atoms with Crippen LogP contribution in [-0.2, 0) is 14.3 Å². The molecule has 0 spiro atoms. The summed E-state index contributed by atoms with van der Waals surface area (Å²) in [6.07, 6.45) is -1.07. The number of hydrogen-bond acceptors (Lipinski definition) is 4.